The lowest BCUT2D eigenvalue weighted by molar-refractivity contribution is 0.0515. The molecule has 23 heavy (non-hydrogen) atoms. The number of carbonyl (C=O) groups is 1. The first-order chi connectivity index (χ1) is 11.0. The molecule has 0 bridgehead atoms. The van der Waals surface area contributed by atoms with Gasteiger partial charge in [0, 0.05) is 5.56 Å². The SMILES string of the molecule is Cc1cccc(C(=O)ON=C2CC(C)Cc3cc(O)ccc32)c1. The molecule has 1 N–H and O–H groups in total. The highest BCUT2D eigenvalue weighted by atomic mass is 16.7. The molecule has 3 rings (SSSR count). The molecule has 0 saturated heterocycles. The average molecular weight is 309 g/mol. The number of oxime groups is 1. The summed E-state index contributed by atoms with van der Waals surface area (Å²) >= 11 is 0. The van der Waals surface area contributed by atoms with Gasteiger partial charge in [-0.3, -0.25) is 0 Å². The molecule has 0 saturated carbocycles. The number of benzene rings is 2. The predicted octanol–water partition coefficient (Wildman–Crippen LogP) is 3.84. The lowest BCUT2D eigenvalue weighted by Gasteiger charge is -2.22. The first-order valence-corrected chi connectivity index (χ1v) is 7.70. The quantitative estimate of drug-likeness (QED) is 0.677. The topological polar surface area (TPSA) is 58.9 Å². The van der Waals surface area contributed by atoms with Crippen LogP contribution in [-0.2, 0) is 11.3 Å². The van der Waals surface area contributed by atoms with Crippen LogP contribution in [0.2, 0.25) is 0 Å². The number of aryl methyl sites for hydroxylation is 1. The van der Waals surface area contributed by atoms with Crippen molar-refractivity contribution in [1.82, 2.24) is 0 Å². The molecular formula is C19H19NO3. The molecule has 1 unspecified atom stereocenters. The molecule has 1 aliphatic carbocycles. The van der Waals surface area contributed by atoms with Crippen molar-refractivity contribution in [2.75, 3.05) is 0 Å². The van der Waals surface area contributed by atoms with Crippen LogP contribution in [0.5, 0.6) is 5.75 Å². The number of phenols is 1. The monoisotopic (exact) mass is 309 g/mol. The van der Waals surface area contributed by atoms with Gasteiger partial charge in [-0.15, -0.1) is 0 Å². The Balaban J connectivity index is 1.84. The van der Waals surface area contributed by atoms with Crippen LogP contribution in [-0.4, -0.2) is 16.8 Å². The van der Waals surface area contributed by atoms with Gasteiger partial charge in [-0.1, -0.05) is 29.8 Å². The fourth-order valence-corrected chi connectivity index (χ4v) is 2.93. The Labute approximate surface area is 135 Å². The fourth-order valence-electron chi connectivity index (χ4n) is 2.93. The van der Waals surface area contributed by atoms with Crippen molar-refractivity contribution in [3.63, 3.8) is 0 Å². The zero-order chi connectivity index (χ0) is 16.4. The van der Waals surface area contributed by atoms with Crippen molar-refractivity contribution < 1.29 is 14.7 Å². The van der Waals surface area contributed by atoms with Gasteiger partial charge in [0.2, 0.25) is 0 Å². The number of aromatic hydroxyl groups is 1. The first kappa shape index (κ1) is 15.3. The summed E-state index contributed by atoms with van der Waals surface area (Å²) in [6.45, 7) is 4.04. The number of nitrogens with zero attached hydrogens (tertiary/aromatic N) is 1. The van der Waals surface area contributed by atoms with Crippen molar-refractivity contribution in [2.45, 2.75) is 26.7 Å². The van der Waals surface area contributed by atoms with Crippen LogP contribution < -0.4 is 0 Å². The van der Waals surface area contributed by atoms with E-state index in [4.69, 9.17) is 4.84 Å². The third-order valence-electron chi connectivity index (χ3n) is 4.00. The standard InChI is InChI=1S/C19H19NO3/c1-12-4-3-5-14(8-12)19(22)23-20-18-10-13(2)9-15-11-16(21)6-7-17(15)18/h3-8,11,13,21H,9-10H2,1-2H3. The zero-order valence-corrected chi connectivity index (χ0v) is 13.2. The second-order valence-electron chi connectivity index (χ2n) is 6.14. The molecule has 0 aliphatic heterocycles. The van der Waals surface area contributed by atoms with Crippen LogP contribution >= 0.6 is 0 Å². The van der Waals surface area contributed by atoms with E-state index in [1.165, 1.54) is 0 Å². The maximum Gasteiger partial charge on any atom is 0.365 e. The van der Waals surface area contributed by atoms with Gasteiger partial charge in [0.05, 0.1) is 11.3 Å². The number of rotatable bonds is 2. The van der Waals surface area contributed by atoms with Gasteiger partial charge in [0.1, 0.15) is 5.75 Å². The number of fused-ring (bicyclic) bond motifs is 1. The molecule has 0 spiro atoms. The van der Waals surface area contributed by atoms with E-state index in [9.17, 15) is 9.90 Å². The lowest BCUT2D eigenvalue weighted by atomic mass is 9.83. The predicted molar refractivity (Wildman–Crippen MR) is 88.7 cm³/mol. The van der Waals surface area contributed by atoms with E-state index in [0.29, 0.717) is 11.5 Å². The largest absolute Gasteiger partial charge is 0.508 e. The Morgan fingerprint density at radius 1 is 1.22 bits per heavy atom. The van der Waals surface area contributed by atoms with Gasteiger partial charge in [-0.2, -0.15) is 0 Å². The van der Waals surface area contributed by atoms with E-state index in [1.54, 1.807) is 24.3 Å². The van der Waals surface area contributed by atoms with Gasteiger partial charge >= 0.3 is 5.97 Å². The van der Waals surface area contributed by atoms with Crippen molar-refractivity contribution in [3.05, 3.63) is 64.7 Å². The van der Waals surface area contributed by atoms with Crippen molar-refractivity contribution >= 4 is 11.7 Å². The maximum atomic E-state index is 12.1. The second-order valence-corrected chi connectivity index (χ2v) is 6.14. The molecule has 0 fully saturated rings. The minimum atomic E-state index is -0.459. The third kappa shape index (κ3) is 3.42. The molecule has 0 aromatic heterocycles. The molecule has 4 nitrogen and oxygen atoms in total. The Morgan fingerprint density at radius 2 is 2.04 bits per heavy atom. The summed E-state index contributed by atoms with van der Waals surface area (Å²) in [5.41, 5.74) is 4.22. The Morgan fingerprint density at radius 3 is 2.83 bits per heavy atom. The molecule has 2 aromatic rings. The van der Waals surface area contributed by atoms with Crippen molar-refractivity contribution in [1.29, 1.82) is 0 Å². The lowest BCUT2D eigenvalue weighted by Crippen LogP contribution is -2.19. The molecule has 0 radical (unpaired) electrons. The fraction of sp³-hybridized carbons (Fsp3) is 0.263. The van der Waals surface area contributed by atoms with Crippen LogP contribution in [0.1, 0.15) is 40.4 Å². The summed E-state index contributed by atoms with van der Waals surface area (Å²) in [5, 5.41) is 13.7. The summed E-state index contributed by atoms with van der Waals surface area (Å²) in [6, 6.07) is 12.4. The highest BCUT2D eigenvalue weighted by Crippen LogP contribution is 2.28. The van der Waals surface area contributed by atoms with Gasteiger partial charge in [0.25, 0.3) is 0 Å². The van der Waals surface area contributed by atoms with E-state index in [2.05, 4.69) is 12.1 Å². The Bertz CT molecular complexity index is 780. The van der Waals surface area contributed by atoms with Crippen LogP contribution in [0, 0.1) is 12.8 Å². The zero-order valence-electron chi connectivity index (χ0n) is 13.2. The number of hydrogen-bond acceptors (Lipinski definition) is 4. The molecular weight excluding hydrogens is 290 g/mol. The normalized spacial score (nSPS) is 18.5. The summed E-state index contributed by atoms with van der Waals surface area (Å²) in [4.78, 5) is 17.3. The van der Waals surface area contributed by atoms with Crippen molar-refractivity contribution in [3.8, 4) is 5.75 Å². The third-order valence-corrected chi connectivity index (χ3v) is 4.00. The number of hydrogen-bond donors (Lipinski definition) is 1. The molecule has 4 heteroatoms. The first-order valence-electron chi connectivity index (χ1n) is 7.70. The van der Waals surface area contributed by atoms with E-state index < -0.39 is 5.97 Å². The van der Waals surface area contributed by atoms with E-state index in [-0.39, 0.29) is 5.75 Å². The Kier molecular flexibility index (Phi) is 4.15. The minimum Gasteiger partial charge on any atom is -0.508 e. The molecule has 0 heterocycles. The van der Waals surface area contributed by atoms with E-state index in [0.717, 1.165) is 35.2 Å². The molecule has 0 amide bonds. The van der Waals surface area contributed by atoms with E-state index >= 15 is 0 Å². The van der Waals surface area contributed by atoms with Crippen LogP contribution in [0.4, 0.5) is 0 Å². The maximum absolute atomic E-state index is 12.1. The average Bonchev–Trinajstić information content (AvgIpc) is 2.51. The van der Waals surface area contributed by atoms with Gasteiger partial charge in [-0.25, -0.2) is 4.79 Å². The van der Waals surface area contributed by atoms with Gasteiger partial charge in [-0.05, 0) is 61.6 Å². The second kappa shape index (κ2) is 6.24. The highest BCUT2D eigenvalue weighted by molar-refractivity contribution is 6.03. The smallest absolute Gasteiger partial charge is 0.365 e. The van der Waals surface area contributed by atoms with Gasteiger partial charge < -0.3 is 9.94 Å². The summed E-state index contributed by atoms with van der Waals surface area (Å²) in [5.74, 6) is 0.175. The molecule has 2 aromatic carbocycles. The van der Waals surface area contributed by atoms with Crippen molar-refractivity contribution in [2.24, 2.45) is 11.1 Å². The summed E-state index contributed by atoms with van der Waals surface area (Å²) in [7, 11) is 0. The van der Waals surface area contributed by atoms with E-state index in [1.807, 2.05) is 25.1 Å². The molecule has 1 atom stereocenters. The number of phenolic OH excluding ortho intramolecular Hbond substituents is 1. The summed E-state index contributed by atoms with van der Waals surface area (Å²) in [6.07, 6.45) is 1.63. The van der Waals surface area contributed by atoms with Crippen LogP contribution in [0.25, 0.3) is 0 Å². The molecule has 118 valence electrons. The minimum absolute atomic E-state index is 0.244. The highest BCUT2D eigenvalue weighted by Gasteiger charge is 2.22. The summed E-state index contributed by atoms with van der Waals surface area (Å²) < 4.78 is 0. The van der Waals surface area contributed by atoms with Crippen LogP contribution in [0.3, 0.4) is 0 Å². The number of carbonyl (C=O) groups excluding carboxylic acids is 1. The molecule has 1 aliphatic rings. The van der Waals surface area contributed by atoms with Crippen LogP contribution in [0.15, 0.2) is 47.6 Å². The Hall–Kier alpha value is -2.62. The van der Waals surface area contributed by atoms with Gasteiger partial charge in [0.15, 0.2) is 0 Å².